The Kier molecular flexibility index (Phi) is 5.27. The number of rotatable bonds is 3. The molecule has 72 valence electrons. The van der Waals surface area contributed by atoms with Gasteiger partial charge in [0.15, 0.2) is 0 Å². The molecule has 0 heterocycles. The van der Waals surface area contributed by atoms with Crippen molar-refractivity contribution in [3.05, 3.63) is 42.5 Å². The Morgan fingerprint density at radius 2 is 2.21 bits per heavy atom. The van der Waals surface area contributed by atoms with Crippen LogP contribution in [-0.2, 0) is 4.74 Å². The molecule has 0 aliphatic carbocycles. The van der Waals surface area contributed by atoms with Crippen molar-refractivity contribution in [2.24, 2.45) is 0 Å². The zero-order chi connectivity index (χ0) is 9.68. The molecule has 4 heteroatoms. The number of carbonyl (C=O) groups excluding carboxylic acids is 1. The van der Waals surface area contributed by atoms with Gasteiger partial charge >= 0.3 is 16.1 Å². The Balaban J connectivity index is -0.000000563. The molecule has 0 aliphatic heterocycles. The molecule has 0 fully saturated rings. The van der Waals surface area contributed by atoms with Crippen LogP contribution in [0.15, 0.2) is 36.9 Å². The molecule has 0 saturated carbocycles. The van der Waals surface area contributed by atoms with E-state index in [2.05, 4.69) is 6.58 Å². The zero-order valence-corrected chi connectivity index (χ0v) is 7.77. The number of phenols is 1. The number of para-hydroxylation sites is 1. The van der Waals surface area contributed by atoms with E-state index in [0.717, 1.165) is 0 Å². The zero-order valence-electron chi connectivity index (χ0n) is 9.77. The average molecular weight is 189 g/mol. The Hall–Kier alpha value is -1.60. The molecule has 0 radical (unpaired) electrons. The molecule has 1 rings (SSSR count). The van der Waals surface area contributed by atoms with Crippen LogP contribution in [0.3, 0.4) is 0 Å². The molecule has 0 atom stereocenters. The normalized spacial score (nSPS) is 8.57. The number of hydrogen-bond acceptors (Lipinski definition) is 3. The summed E-state index contributed by atoms with van der Waals surface area (Å²) in [4.78, 5) is 11.2. The van der Waals surface area contributed by atoms with Crippen LogP contribution in [0.4, 0.5) is 0 Å². The summed E-state index contributed by atoms with van der Waals surface area (Å²) in [6.07, 6.45) is 1.47. The first kappa shape index (κ1) is 12.4. The van der Waals surface area contributed by atoms with Crippen molar-refractivity contribution in [2.45, 2.75) is 0 Å². The van der Waals surface area contributed by atoms with E-state index in [-0.39, 0.29) is 30.9 Å². The molecule has 0 unspecified atom stereocenters. The second-order valence-electron chi connectivity index (χ2n) is 2.40. The van der Waals surface area contributed by atoms with E-state index in [4.69, 9.17) is 4.74 Å². The predicted molar refractivity (Wildman–Crippen MR) is 56.6 cm³/mol. The Morgan fingerprint density at radius 3 is 2.79 bits per heavy atom. The third kappa shape index (κ3) is 3.03. The molecule has 0 bridgehead atoms. The Labute approximate surface area is 89.2 Å². The van der Waals surface area contributed by atoms with Gasteiger partial charge in [0.05, 0.1) is 0 Å². The molecule has 3 nitrogen and oxygen atoms in total. The largest absolute Gasteiger partial charge is 2.00 e. The smallest absolute Gasteiger partial charge is 1.00 e. The van der Waals surface area contributed by atoms with Crippen molar-refractivity contribution >= 4 is 16.1 Å². The molecule has 1 N–H and O–H groups in total. The standard InChI is InChI=1S/C10H10O3.Be.2H/c1-2-7-13-10(12)8-5-3-4-6-9(8)11;;;/h2-6,11H,1,7H2;;;/q;+2;2*-1. The molecular weight excluding hydrogens is 177 g/mol. The van der Waals surface area contributed by atoms with Gasteiger partial charge in [0, 0.05) is 0 Å². The van der Waals surface area contributed by atoms with Crippen molar-refractivity contribution in [1.82, 2.24) is 0 Å². The van der Waals surface area contributed by atoms with Crippen LogP contribution >= 0.6 is 0 Å². The number of ether oxygens (including phenoxy) is 1. The van der Waals surface area contributed by atoms with E-state index in [1.807, 2.05) is 0 Å². The van der Waals surface area contributed by atoms with Crippen LogP contribution < -0.4 is 0 Å². The molecule has 0 saturated heterocycles. The van der Waals surface area contributed by atoms with Gasteiger partial charge in [-0.2, -0.15) is 0 Å². The van der Waals surface area contributed by atoms with Crippen LogP contribution in [0, 0.1) is 0 Å². The number of carbonyl (C=O) groups is 1. The number of hydrogen-bond donors (Lipinski definition) is 1. The molecule has 0 spiro atoms. The first-order chi connectivity index (χ1) is 6.25. The quantitative estimate of drug-likeness (QED) is 0.446. The monoisotopic (exact) mass is 189 g/mol. The minimum Gasteiger partial charge on any atom is -1.00 e. The maximum atomic E-state index is 11.2. The molecule has 1 aromatic carbocycles. The van der Waals surface area contributed by atoms with E-state index in [1.165, 1.54) is 18.2 Å². The van der Waals surface area contributed by atoms with Gasteiger partial charge in [0.25, 0.3) is 0 Å². The summed E-state index contributed by atoms with van der Waals surface area (Å²) in [5, 5.41) is 9.25. The van der Waals surface area contributed by atoms with Crippen LogP contribution in [0.1, 0.15) is 13.2 Å². The number of esters is 1. The third-order valence-electron chi connectivity index (χ3n) is 1.46. The first-order valence-corrected chi connectivity index (χ1v) is 3.81. The molecule has 0 amide bonds. The molecule has 14 heavy (non-hydrogen) atoms. The minimum absolute atomic E-state index is 0. The third-order valence-corrected chi connectivity index (χ3v) is 1.46. The Morgan fingerprint density at radius 1 is 1.57 bits per heavy atom. The second-order valence-corrected chi connectivity index (χ2v) is 2.40. The van der Waals surface area contributed by atoms with Crippen LogP contribution in [-0.4, -0.2) is 27.8 Å². The van der Waals surface area contributed by atoms with Gasteiger partial charge in [-0.1, -0.05) is 24.8 Å². The average Bonchev–Trinajstić information content (AvgIpc) is 2.15. The molecule has 1 aromatic rings. The van der Waals surface area contributed by atoms with Crippen LogP contribution in [0.5, 0.6) is 5.75 Å². The van der Waals surface area contributed by atoms with Crippen LogP contribution in [0.2, 0.25) is 0 Å². The Bertz CT molecular complexity index is 332. The SMILES string of the molecule is C=CCOC(=O)c1ccccc1O.[Be+2].[H-].[H-]. The maximum Gasteiger partial charge on any atom is 2.00 e. The summed E-state index contributed by atoms with van der Waals surface area (Å²) in [6.45, 7) is 3.56. The molecule has 0 aliphatic rings. The predicted octanol–water partition coefficient (Wildman–Crippen LogP) is 1.58. The van der Waals surface area contributed by atoms with Crippen molar-refractivity contribution in [2.75, 3.05) is 6.61 Å². The van der Waals surface area contributed by atoms with Gasteiger partial charge in [-0.3, -0.25) is 0 Å². The van der Waals surface area contributed by atoms with Gasteiger partial charge < -0.3 is 12.7 Å². The number of phenolic OH excluding ortho intramolecular Hbond substituents is 1. The van der Waals surface area contributed by atoms with Crippen molar-refractivity contribution in [3.8, 4) is 5.75 Å². The minimum atomic E-state index is -0.544. The maximum absolute atomic E-state index is 11.2. The van der Waals surface area contributed by atoms with E-state index in [9.17, 15) is 9.90 Å². The fraction of sp³-hybridized carbons (Fsp3) is 0.100. The van der Waals surface area contributed by atoms with E-state index < -0.39 is 5.97 Å². The first-order valence-electron chi connectivity index (χ1n) is 3.81. The topological polar surface area (TPSA) is 46.5 Å². The van der Waals surface area contributed by atoms with Crippen molar-refractivity contribution in [3.63, 3.8) is 0 Å². The summed E-state index contributed by atoms with van der Waals surface area (Å²) in [6, 6.07) is 6.23. The summed E-state index contributed by atoms with van der Waals surface area (Å²) in [7, 11) is 0. The van der Waals surface area contributed by atoms with Gasteiger partial charge in [0.1, 0.15) is 17.9 Å². The summed E-state index contributed by atoms with van der Waals surface area (Å²) in [5.41, 5.74) is 0.171. The molecular formula is C10H12BeO3. The van der Waals surface area contributed by atoms with Gasteiger partial charge in [-0.05, 0) is 12.1 Å². The van der Waals surface area contributed by atoms with Gasteiger partial charge in [-0.15, -0.1) is 0 Å². The summed E-state index contributed by atoms with van der Waals surface area (Å²) < 4.78 is 4.74. The summed E-state index contributed by atoms with van der Waals surface area (Å²) in [5.74, 6) is -0.616. The number of benzene rings is 1. The van der Waals surface area contributed by atoms with Gasteiger partial charge in [0.2, 0.25) is 0 Å². The van der Waals surface area contributed by atoms with E-state index in [0.29, 0.717) is 0 Å². The number of aromatic hydroxyl groups is 1. The van der Waals surface area contributed by atoms with Crippen LogP contribution in [0.25, 0.3) is 0 Å². The fourth-order valence-corrected chi connectivity index (χ4v) is 0.859. The molecule has 0 aromatic heterocycles. The van der Waals surface area contributed by atoms with E-state index >= 15 is 0 Å². The van der Waals surface area contributed by atoms with Crippen molar-refractivity contribution < 1.29 is 17.5 Å². The summed E-state index contributed by atoms with van der Waals surface area (Å²) >= 11 is 0. The van der Waals surface area contributed by atoms with Gasteiger partial charge in [-0.25, -0.2) is 4.79 Å². The van der Waals surface area contributed by atoms with E-state index in [1.54, 1.807) is 12.1 Å². The van der Waals surface area contributed by atoms with Crippen molar-refractivity contribution in [1.29, 1.82) is 0 Å². The fourth-order valence-electron chi connectivity index (χ4n) is 0.859. The second kappa shape index (κ2) is 5.95.